The van der Waals surface area contributed by atoms with Crippen LogP contribution < -0.4 is 4.72 Å². The minimum Gasteiger partial charge on any atom is -0.285 e. The Morgan fingerprint density at radius 3 is 2.68 bits per heavy atom. The van der Waals surface area contributed by atoms with Crippen LogP contribution in [0.3, 0.4) is 0 Å². The molecule has 1 heterocycles. The fourth-order valence-corrected chi connectivity index (χ4v) is 3.09. The Morgan fingerprint density at radius 2 is 2.05 bits per heavy atom. The predicted octanol–water partition coefficient (Wildman–Crippen LogP) is 1.63. The molecule has 0 fully saturated rings. The Labute approximate surface area is 113 Å². The summed E-state index contributed by atoms with van der Waals surface area (Å²) in [5.74, 6) is 0.0825. The van der Waals surface area contributed by atoms with Gasteiger partial charge in [0, 0.05) is 17.8 Å². The van der Waals surface area contributed by atoms with Crippen molar-refractivity contribution < 1.29 is 8.42 Å². The van der Waals surface area contributed by atoms with Crippen LogP contribution in [-0.2, 0) is 16.4 Å². The van der Waals surface area contributed by atoms with Crippen LogP contribution in [0.25, 0.3) is 0 Å². The molecule has 1 aromatic carbocycles. The highest BCUT2D eigenvalue weighted by atomic mass is 32.2. The summed E-state index contributed by atoms with van der Waals surface area (Å²) in [7, 11) is -3.30. The van der Waals surface area contributed by atoms with Crippen LogP contribution in [0.2, 0.25) is 0 Å². The summed E-state index contributed by atoms with van der Waals surface area (Å²) in [6.45, 7) is 1.80. The summed E-state index contributed by atoms with van der Waals surface area (Å²) >= 11 is 0. The highest BCUT2D eigenvalue weighted by molar-refractivity contribution is 7.89. The van der Waals surface area contributed by atoms with Crippen LogP contribution in [0.5, 0.6) is 0 Å². The molecule has 0 aliphatic carbocycles. The second-order valence-electron chi connectivity index (χ2n) is 4.43. The second kappa shape index (κ2) is 5.99. The molecule has 2 rings (SSSR count). The van der Waals surface area contributed by atoms with Crippen molar-refractivity contribution in [2.75, 3.05) is 5.75 Å². The van der Waals surface area contributed by atoms with E-state index in [2.05, 4.69) is 14.9 Å². The van der Waals surface area contributed by atoms with E-state index in [-0.39, 0.29) is 11.8 Å². The number of aromatic amines is 1. The van der Waals surface area contributed by atoms with Crippen LogP contribution in [0.4, 0.5) is 0 Å². The van der Waals surface area contributed by atoms with Gasteiger partial charge in [0.2, 0.25) is 10.0 Å². The number of aryl methyl sites for hydroxylation is 1. The van der Waals surface area contributed by atoms with Gasteiger partial charge in [-0.3, -0.25) is 5.10 Å². The van der Waals surface area contributed by atoms with Gasteiger partial charge < -0.3 is 0 Å². The fraction of sp³-hybridized carbons (Fsp3) is 0.308. The normalized spacial score (nSPS) is 13.3. The van der Waals surface area contributed by atoms with Gasteiger partial charge in [0.25, 0.3) is 0 Å². The second-order valence-corrected chi connectivity index (χ2v) is 6.30. The Bertz CT molecular complexity index is 594. The highest BCUT2D eigenvalue weighted by Gasteiger charge is 2.16. The zero-order chi connectivity index (χ0) is 13.7. The third-order valence-electron chi connectivity index (χ3n) is 2.88. The smallest absolute Gasteiger partial charge is 0.212 e. The lowest BCUT2D eigenvalue weighted by atomic mass is 10.2. The van der Waals surface area contributed by atoms with E-state index in [9.17, 15) is 8.42 Å². The van der Waals surface area contributed by atoms with Crippen LogP contribution >= 0.6 is 0 Å². The minimum atomic E-state index is -3.30. The monoisotopic (exact) mass is 279 g/mol. The molecule has 102 valence electrons. The first-order chi connectivity index (χ1) is 9.07. The van der Waals surface area contributed by atoms with Crippen molar-refractivity contribution >= 4 is 10.0 Å². The van der Waals surface area contributed by atoms with Gasteiger partial charge in [0.15, 0.2) is 0 Å². The highest BCUT2D eigenvalue weighted by Crippen LogP contribution is 2.11. The van der Waals surface area contributed by atoms with Crippen LogP contribution in [0.1, 0.15) is 24.1 Å². The third kappa shape index (κ3) is 4.18. The maximum absolute atomic E-state index is 12.0. The number of benzene rings is 1. The molecule has 6 heteroatoms. The first-order valence-corrected chi connectivity index (χ1v) is 7.75. The summed E-state index contributed by atoms with van der Waals surface area (Å²) in [4.78, 5) is 0. The van der Waals surface area contributed by atoms with Crippen LogP contribution in [-0.4, -0.2) is 24.4 Å². The Hall–Kier alpha value is -1.66. The lowest BCUT2D eigenvalue weighted by Crippen LogP contribution is -2.29. The average molecular weight is 279 g/mol. The lowest BCUT2D eigenvalue weighted by Gasteiger charge is -2.12. The van der Waals surface area contributed by atoms with Crippen LogP contribution in [0, 0.1) is 0 Å². The van der Waals surface area contributed by atoms with Gasteiger partial charge in [0.05, 0.1) is 11.9 Å². The van der Waals surface area contributed by atoms with Gasteiger partial charge in [0.1, 0.15) is 0 Å². The van der Waals surface area contributed by atoms with E-state index in [0.29, 0.717) is 6.42 Å². The topological polar surface area (TPSA) is 74.8 Å². The quantitative estimate of drug-likeness (QED) is 0.844. The largest absolute Gasteiger partial charge is 0.285 e. The van der Waals surface area contributed by atoms with Crippen molar-refractivity contribution in [2.24, 2.45) is 0 Å². The molecule has 1 atom stereocenters. The molecular weight excluding hydrogens is 262 g/mol. The van der Waals surface area contributed by atoms with E-state index in [4.69, 9.17) is 0 Å². The third-order valence-corrected chi connectivity index (χ3v) is 4.33. The number of aromatic nitrogens is 2. The van der Waals surface area contributed by atoms with Crippen molar-refractivity contribution in [3.8, 4) is 0 Å². The molecule has 1 unspecified atom stereocenters. The molecule has 0 radical (unpaired) electrons. The first-order valence-electron chi connectivity index (χ1n) is 6.09. The van der Waals surface area contributed by atoms with Gasteiger partial charge >= 0.3 is 0 Å². The number of H-pyrrole nitrogens is 1. The Kier molecular flexibility index (Phi) is 4.34. The summed E-state index contributed by atoms with van der Waals surface area (Å²) in [5, 5.41) is 6.48. The molecule has 0 spiro atoms. The van der Waals surface area contributed by atoms with E-state index < -0.39 is 10.0 Å². The van der Waals surface area contributed by atoms with Crippen molar-refractivity contribution in [3.63, 3.8) is 0 Å². The molecule has 0 aliphatic rings. The molecule has 0 bridgehead atoms. The summed E-state index contributed by atoms with van der Waals surface area (Å²) < 4.78 is 26.6. The molecule has 0 saturated heterocycles. The zero-order valence-electron chi connectivity index (χ0n) is 10.7. The SMILES string of the molecule is CC(NS(=O)(=O)CCc1ccccc1)c1cn[nH]c1. The number of sulfonamides is 1. The van der Waals surface area contributed by atoms with Crippen molar-refractivity contribution in [2.45, 2.75) is 19.4 Å². The maximum Gasteiger partial charge on any atom is 0.212 e. The number of hydrogen-bond donors (Lipinski definition) is 2. The molecule has 19 heavy (non-hydrogen) atoms. The van der Waals surface area contributed by atoms with Gasteiger partial charge in [-0.2, -0.15) is 5.10 Å². The molecular formula is C13H17N3O2S. The number of rotatable bonds is 6. The van der Waals surface area contributed by atoms with E-state index >= 15 is 0 Å². The zero-order valence-corrected chi connectivity index (χ0v) is 11.5. The van der Waals surface area contributed by atoms with Crippen molar-refractivity contribution in [1.82, 2.24) is 14.9 Å². The predicted molar refractivity (Wildman–Crippen MR) is 74.1 cm³/mol. The molecule has 2 N–H and O–H groups in total. The molecule has 2 aromatic rings. The van der Waals surface area contributed by atoms with Gasteiger partial charge in [-0.25, -0.2) is 13.1 Å². The Morgan fingerprint density at radius 1 is 1.32 bits per heavy atom. The minimum absolute atomic E-state index is 0.0825. The van der Waals surface area contributed by atoms with Gasteiger partial charge in [-0.05, 0) is 18.9 Å². The Balaban J connectivity index is 1.92. The maximum atomic E-state index is 12.0. The van der Waals surface area contributed by atoms with Crippen molar-refractivity contribution in [3.05, 3.63) is 53.9 Å². The average Bonchev–Trinajstić information content (AvgIpc) is 2.91. The number of hydrogen-bond acceptors (Lipinski definition) is 3. The van der Waals surface area contributed by atoms with Gasteiger partial charge in [-0.1, -0.05) is 30.3 Å². The summed E-state index contributed by atoms with van der Waals surface area (Å²) in [6, 6.07) is 9.30. The van der Waals surface area contributed by atoms with Gasteiger partial charge in [-0.15, -0.1) is 0 Å². The number of nitrogens with one attached hydrogen (secondary N) is 2. The molecule has 0 aliphatic heterocycles. The molecule has 0 amide bonds. The standard InChI is InChI=1S/C13H17N3O2S/c1-11(13-9-14-15-10-13)16-19(17,18)8-7-12-5-3-2-4-6-12/h2-6,9-11,16H,7-8H2,1H3,(H,14,15). The van der Waals surface area contributed by atoms with Crippen molar-refractivity contribution in [1.29, 1.82) is 0 Å². The van der Waals surface area contributed by atoms with Crippen LogP contribution in [0.15, 0.2) is 42.7 Å². The number of nitrogens with zero attached hydrogens (tertiary/aromatic N) is 1. The van der Waals surface area contributed by atoms with E-state index in [1.807, 2.05) is 30.3 Å². The van der Waals surface area contributed by atoms with E-state index in [0.717, 1.165) is 11.1 Å². The molecule has 1 aromatic heterocycles. The van der Waals surface area contributed by atoms with E-state index in [1.54, 1.807) is 19.3 Å². The lowest BCUT2D eigenvalue weighted by molar-refractivity contribution is 0.566. The fourth-order valence-electron chi connectivity index (χ4n) is 1.79. The molecule has 5 nitrogen and oxygen atoms in total. The molecule has 0 saturated carbocycles. The summed E-state index contributed by atoms with van der Waals surface area (Å²) in [5.41, 5.74) is 1.84. The van der Waals surface area contributed by atoms with E-state index in [1.165, 1.54) is 0 Å². The summed E-state index contributed by atoms with van der Waals surface area (Å²) in [6.07, 6.45) is 3.81. The first kappa shape index (κ1) is 13.8.